The van der Waals surface area contributed by atoms with Crippen LogP contribution in [-0.2, 0) is 9.53 Å². The van der Waals surface area contributed by atoms with E-state index in [9.17, 15) is 9.90 Å². The SMILES string of the molecule is CCCCCCCCCCCCCCCCC(O)C(=O)OC(CCCCCCCC)CCCCCCCCC. The quantitative estimate of drug-likeness (QED) is 0.0666. The molecule has 234 valence electrons. The Morgan fingerprint density at radius 3 is 1.00 bits per heavy atom. The molecule has 0 bridgehead atoms. The first-order valence-electron chi connectivity index (χ1n) is 18.0. The smallest absolute Gasteiger partial charge is 0.335 e. The van der Waals surface area contributed by atoms with E-state index in [2.05, 4.69) is 20.8 Å². The first-order valence-corrected chi connectivity index (χ1v) is 18.0. The molecule has 1 N–H and O–H groups in total. The topological polar surface area (TPSA) is 46.5 Å². The van der Waals surface area contributed by atoms with Gasteiger partial charge in [-0.15, -0.1) is 0 Å². The predicted octanol–water partition coefficient (Wildman–Crippen LogP) is 12.0. The van der Waals surface area contributed by atoms with E-state index in [0.717, 1.165) is 38.5 Å². The van der Waals surface area contributed by atoms with Gasteiger partial charge in [-0.2, -0.15) is 0 Å². The maximum Gasteiger partial charge on any atom is 0.335 e. The molecule has 0 aromatic heterocycles. The van der Waals surface area contributed by atoms with Crippen molar-refractivity contribution in [1.82, 2.24) is 0 Å². The van der Waals surface area contributed by atoms with Crippen molar-refractivity contribution in [2.24, 2.45) is 0 Å². The lowest BCUT2D eigenvalue weighted by Gasteiger charge is -2.20. The summed E-state index contributed by atoms with van der Waals surface area (Å²) < 4.78 is 5.87. The Morgan fingerprint density at radius 2 is 0.692 bits per heavy atom. The Kier molecular flexibility index (Phi) is 31.5. The Morgan fingerprint density at radius 1 is 0.436 bits per heavy atom. The molecule has 0 heterocycles. The molecule has 0 amide bonds. The van der Waals surface area contributed by atoms with Crippen LogP contribution < -0.4 is 0 Å². The average molecular weight is 553 g/mol. The molecule has 0 aromatic rings. The van der Waals surface area contributed by atoms with Gasteiger partial charge in [0.05, 0.1) is 0 Å². The Bertz CT molecular complexity index is 478. The van der Waals surface area contributed by atoms with Crippen molar-refractivity contribution in [1.29, 1.82) is 0 Å². The summed E-state index contributed by atoms with van der Waals surface area (Å²) >= 11 is 0. The number of aliphatic hydroxyl groups excluding tert-OH is 1. The van der Waals surface area contributed by atoms with Gasteiger partial charge in [0, 0.05) is 0 Å². The van der Waals surface area contributed by atoms with Gasteiger partial charge in [0.2, 0.25) is 0 Å². The normalized spacial score (nSPS) is 13.0. The van der Waals surface area contributed by atoms with Crippen LogP contribution in [0.4, 0.5) is 0 Å². The van der Waals surface area contributed by atoms with Crippen molar-refractivity contribution in [2.45, 2.75) is 226 Å². The molecule has 0 spiro atoms. The van der Waals surface area contributed by atoms with Gasteiger partial charge in [-0.1, -0.05) is 181 Å². The molecule has 39 heavy (non-hydrogen) atoms. The second-order valence-electron chi connectivity index (χ2n) is 12.4. The highest BCUT2D eigenvalue weighted by Gasteiger charge is 2.21. The highest BCUT2D eigenvalue weighted by molar-refractivity contribution is 5.74. The summed E-state index contributed by atoms with van der Waals surface area (Å²) in [7, 11) is 0. The molecular weight excluding hydrogens is 480 g/mol. The molecule has 0 rings (SSSR count). The zero-order valence-electron chi connectivity index (χ0n) is 27.1. The molecule has 0 aliphatic carbocycles. The summed E-state index contributed by atoms with van der Waals surface area (Å²) in [6, 6.07) is 0. The fourth-order valence-electron chi connectivity index (χ4n) is 5.64. The molecular formula is C36H72O3. The lowest BCUT2D eigenvalue weighted by molar-refractivity contribution is -0.160. The molecule has 0 saturated heterocycles. The molecule has 0 aliphatic rings. The number of aliphatic hydroxyl groups is 1. The number of ether oxygens (including phenoxy) is 1. The van der Waals surface area contributed by atoms with E-state index < -0.39 is 6.10 Å². The predicted molar refractivity (Wildman–Crippen MR) is 171 cm³/mol. The van der Waals surface area contributed by atoms with E-state index in [1.54, 1.807) is 0 Å². The first kappa shape index (κ1) is 38.4. The monoisotopic (exact) mass is 553 g/mol. The summed E-state index contributed by atoms with van der Waals surface area (Å²) in [6.45, 7) is 6.79. The second kappa shape index (κ2) is 32.0. The van der Waals surface area contributed by atoms with Gasteiger partial charge in [-0.25, -0.2) is 4.79 Å². The Hall–Kier alpha value is -0.570. The van der Waals surface area contributed by atoms with Crippen LogP contribution in [0.25, 0.3) is 0 Å². The van der Waals surface area contributed by atoms with Crippen LogP contribution in [0.2, 0.25) is 0 Å². The number of hydrogen-bond donors (Lipinski definition) is 1. The molecule has 0 aromatic carbocycles. The maximum absolute atomic E-state index is 12.6. The van der Waals surface area contributed by atoms with E-state index in [4.69, 9.17) is 4.74 Å². The zero-order chi connectivity index (χ0) is 28.7. The van der Waals surface area contributed by atoms with Gasteiger partial charge in [-0.3, -0.25) is 0 Å². The summed E-state index contributed by atoms with van der Waals surface area (Å²) in [6.07, 6.45) is 36.5. The van der Waals surface area contributed by atoms with Gasteiger partial charge in [0.1, 0.15) is 6.10 Å². The van der Waals surface area contributed by atoms with Crippen LogP contribution in [0, 0.1) is 0 Å². The van der Waals surface area contributed by atoms with Crippen LogP contribution in [0.3, 0.4) is 0 Å². The van der Waals surface area contributed by atoms with E-state index in [1.165, 1.54) is 148 Å². The fraction of sp³-hybridized carbons (Fsp3) is 0.972. The summed E-state index contributed by atoms with van der Waals surface area (Å²) in [5, 5.41) is 10.4. The number of esters is 1. The van der Waals surface area contributed by atoms with Gasteiger partial charge in [0.25, 0.3) is 0 Å². The molecule has 0 fully saturated rings. The first-order chi connectivity index (χ1) is 19.2. The van der Waals surface area contributed by atoms with Crippen LogP contribution in [0.5, 0.6) is 0 Å². The molecule has 2 unspecified atom stereocenters. The van der Waals surface area contributed by atoms with E-state index >= 15 is 0 Å². The van der Waals surface area contributed by atoms with Crippen molar-refractivity contribution in [3.8, 4) is 0 Å². The molecule has 0 radical (unpaired) electrons. The van der Waals surface area contributed by atoms with Crippen LogP contribution in [0.15, 0.2) is 0 Å². The number of unbranched alkanes of at least 4 members (excludes halogenated alkanes) is 24. The second-order valence-corrected chi connectivity index (χ2v) is 12.4. The van der Waals surface area contributed by atoms with Crippen LogP contribution >= 0.6 is 0 Å². The van der Waals surface area contributed by atoms with Gasteiger partial charge in [-0.05, 0) is 32.1 Å². The Labute approximate surface area is 246 Å². The van der Waals surface area contributed by atoms with Crippen LogP contribution in [0.1, 0.15) is 213 Å². The van der Waals surface area contributed by atoms with Crippen molar-refractivity contribution in [3.05, 3.63) is 0 Å². The number of carbonyl (C=O) groups excluding carboxylic acids is 1. The van der Waals surface area contributed by atoms with Crippen molar-refractivity contribution in [3.63, 3.8) is 0 Å². The zero-order valence-corrected chi connectivity index (χ0v) is 27.1. The average Bonchev–Trinajstić information content (AvgIpc) is 2.94. The van der Waals surface area contributed by atoms with Crippen molar-refractivity contribution < 1.29 is 14.6 Å². The molecule has 3 nitrogen and oxygen atoms in total. The van der Waals surface area contributed by atoms with Gasteiger partial charge in [0.15, 0.2) is 6.10 Å². The highest BCUT2D eigenvalue weighted by atomic mass is 16.6. The third kappa shape index (κ3) is 28.7. The highest BCUT2D eigenvalue weighted by Crippen LogP contribution is 2.19. The molecule has 0 aliphatic heterocycles. The third-order valence-corrected chi connectivity index (χ3v) is 8.40. The third-order valence-electron chi connectivity index (χ3n) is 8.40. The van der Waals surface area contributed by atoms with Crippen molar-refractivity contribution in [2.75, 3.05) is 0 Å². The minimum atomic E-state index is -0.941. The minimum Gasteiger partial charge on any atom is -0.460 e. The van der Waals surface area contributed by atoms with E-state index in [1.807, 2.05) is 0 Å². The molecule has 2 atom stereocenters. The van der Waals surface area contributed by atoms with Gasteiger partial charge >= 0.3 is 5.97 Å². The number of carbonyl (C=O) groups is 1. The van der Waals surface area contributed by atoms with E-state index in [0.29, 0.717) is 6.42 Å². The lowest BCUT2D eigenvalue weighted by atomic mass is 10.0. The van der Waals surface area contributed by atoms with Crippen LogP contribution in [-0.4, -0.2) is 23.3 Å². The number of rotatable bonds is 32. The summed E-state index contributed by atoms with van der Waals surface area (Å²) in [5.41, 5.74) is 0. The molecule has 3 heteroatoms. The Balaban J connectivity index is 3.97. The largest absolute Gasteiger partial charge is 0.460 e. The van der Waals surface area contributed by atoms with Gasteiger partial charge < -0.3 is 9.84 Å². The van der Waals surface area contributed by atoms with E-state index in [-0.39, 0.29) is 12.1 Å². The fourth-order valence-corrected chi connectivity index (χ4v) is 5.64. The lowest BCUT2D eigenvalue weighted by Crippen LogP contribution is -2.28. The minimum absolute atomic E-state index is 0.00897. The molecule has 0 saturated carbocycles. The number of hydrogen-bond acceptors (Lipinski definition) is 3. The standard InChI is InChI=1S/C36H72O3/c1-4-7-10-13-16-17-18-19-20-21-22-24-27-30-33-35(37)36(38)39-34(31-28-25-15-12-9-6-3)32-29-26-23-14-11-8-5-2/h34-35,37H,4-33H2,1-3H3. The van der Waals surface area contributed by atoms with Crippen molar-refractivity contribution >= 4 is 5.97 Å². The summed E-state index contributed by atoms with van der Waals surface area (Å²) in [5.74, 6) is -0.372. The summed E-state index contributed by atoms with van der Waals surface area (Å²) in [4.78, 5) is 12.6. The maximum atomic E-state index is 12.6.